The summed E-state index contributed by atoms with van der Waals surface area (Å²) in [7, 11) is 0. The Kier molecular flexibility index (Phi) is 5.31. The Morgan fingerprint density at radius 1 is 1.30 bits per heavy atom. The van der Waals surface area contributed by atoms with Crippen molar-refractivity contribution in [3.05, 3.63) is 35.6 Å². The monoisotopic (exact) mass is 316 g/mol. The fraction of sp³-hybridized carbons (Fsp3) is 0.500. The summed E-state index contributed by atoms with van der Waals surface area (Å²) in [6.45, 7) is 7.14. The minimum Gasteiger partial charge on any atom is -0.464 e. The van der Waals surface area contributed by atoms with Gasteiger partial charge in [-0.15, -0.1) is 0 Å². The van der Waals surface area contributed by atoms with Gasteiger partial charge in [-0.05, 0) is 24.1 Å². The van der Waals surface area contributed by atoms with E-state index in [2.05, 4.69) is 29.3 Å². The molecule has 124 valence electrons. The van der Waals surface area contributed by atoms with Crippen molar-refractivity contribution in [3.8, 4) is 0 Å². The smallest absolute Gasteiger partial charge is 0.224 e. The molecule has 1 aliphatic heterocycles. The molecule has 1 aromatic heterocycles. The normalized spacial score (nSPS) is 15.9. The molecule has 1 amide bonds. The molecule has 0 radical (unpaired) electrons. The van der Waals surface area contributed by atoms with Gasteiger partial charge in [-0.3, -0.25) is 9.69 Å². The van der Waals surface area contributed by atoms with Crippen LogP contribution in [0.4, 0.5) is 0 Å². The van der Waals surface area contributed by atoms with Gasteiger partial charge >= 0.3 is 0 Å². The second kappa shape index (κ2) is 7.62. The summed E-state index contributed by atoms with van der Waals surface area (Å²) < 4.78 is 10.9. The summed E-state index contributed by atoms with van der Waals surface area (Å²) in [5, 5.41) is 4.05. The van der Waals surface area contributed by atoms with E-state index in [0.29, 0.717) is 13.0 Å². The average Bonchev–Trinajstić information content (AvgIpc) is 2.98. The van der Waals surface area contributed by atoms with Crippen molar-refractivity contribution in [3.63, 3.8) is 0 Å². The summed E-state index contributed by atoms with van der Waals surface area (Å²) in [5.74, 6) is 0.0443. The number of benzene rings is 1. The first-order valence-corrected chi connectivity index (χ1v) is 8.32. The zero-order valence-corrected chi connectivity index (χ0v) is 13.6. The third-order valence-electron chi connectivity index (χ3n) is 4.33. The van der Waals surface area contributed by atoms with E-state index in [1.54, 1.807) is 6.26 Å². The van der Waals surface area contributed by atoms with E-state index in [1.807, 2.05) is 6.07 Å². The van der Waals surface area contributed by atoms with Gasteiger partial charge in [-0.2, -0.15) is 0 Å². The van der Waals surface area contributed by atoms with Crippen LogP contribution in [0.3, 0.4) is 0 Å². The van der Waals surface area contributed by atoms with E-state index < -0.39 is 0 Å². The predicted molar refractivity (Wildman–Crippen MR) is 89.6 cm³/mol. The number of hydrogen-bond acceptors (Lipinski definition) is 4. The first kappa shape index (κ1) is 16.0. The zero-order chi connectivity index (χ0) is 16.1. The van der Waals surface area contributed by atoms with Crippen molar-refractivity contribution in [1.29, 1.82) is 0 Å². The molecule has 0 aliphatic carbocycles. The van der Waals surface area contributed by atoms with Crippen LogP contribution in [0.1, 0.15) is 18.1 Å². The highest BCUT2D eigenvalue weighted by molar-refractivity contribution is 5.88. The van der Waals surface area contributed by atoms with Crippen molar-refractivity contribution in [2.45, 2.75) is 19.8 Å². The van der Waals surface area contributed by atoms with Crippen molar-refractivity contribution < 1.29 is 13.9 Å². The maximum absolute atomic E-state index is 12.2. The Bertz CT molecular complexity index is 659. The maximum Gasteiger partial charge on any atom is 0.224 e. The van der Waals surface area contributed by atoms with Crippen LogP contribution in [0.2, 0.25) is 0 Å². The van der Waals surface area contributed by atoms with Crippen LogP contribution >= 0.6 is 0 Å². The molecule has 0 bridgehead atoms. The number of morpholine rings is 1. The number of nitrogens with zero attached hydrogens (tertiary/aromatic N) is 1. The quantitative estimate of drug-likeness (QED) is 0.885. The topological polar surface area (TPSA) is 54.7 Å². The molecule has 23 heavy (non-hydrogen) atoms. The first-order chi connectivity index (χ1) is 11.3. The van der Waals surface area contributed by atoms with E-state index in [-0.39, 0.29) is 5.91 Å². The summed E-state index contributed by atoms with van der Waals surface area (Å²) in [6, 6.07) is 6.17. The van der Waals surface area contributed by atoms with Gasteiger partial charge in [0, 0.05) is 37.1 Å². The Hall–Kier alpha value is -1.85. The number of aryl methyl sites for hydroxylation is 1. The maximum atomic E-state index is 12.2. The van der Waals surface area contributed by atoms with Crippen LogP contribution in [0.25, 0.3) is 11.0 Å². The Morgan fingerprint density at radius 2 is 2.13 bits per heavy atom. The van der Waals surface area contributed by atoms with Gasteiger partial charge in [0.1, 0.15) is 5.58 Å². The van der Waals surface area contributed by atoms with Crippen LogP contribution in [0.5, 0.6) is 0 Å². The standard InChI is InChI=1S/C18H24N2O3/c1-2-14-3-4-17-16(11-14)15(13-23-17)12-18(21)19-5-6-20-7-9-22-10-8-20/h3-4,11,13H,2,5-10,12H2,1H3,(H,19,21). The fourth-order valence-corrected chi connectivity index (χ4v) is 2.90. The average molecular weight is 316 g/mol. The molecule has 3 rings (SSSR count). The van der Waals surface area contributed by atoms with Crippen LogP contribution < -0.4 is 5.32 Å². The number of rotatable bonds is 6. The molecule has 1 N–H and O–H groups in total. The molecule has 5 nitrogen and oxygen atoms in total. The minimum atomic E-state index is 0.0443. The van der Waals surface area contributed by atoms with E-state index >= 15 is 0 Å². The summed E-state index contributed by atoms with van der Waals surface area (Å²) in [4.78, 5) is 14.5. The van der Waals surface area contributed by atoms with Gasteiger partial charge in [0.25, 0.3) is 0 Å². The van der Waals surface area contributed by atoms with E-state index in [1.165, 1.54) is 5.56 Å². The molecule has 1 aliphatic rings. The number of fused-ring (bicyclic) bond motifs is 1. The number of hydrogen-bond donors (Lipinski definition) is 1. The molecule has 5 heteroatoms. The second-order valence-electron chi connectivity index (χ2n) is 5.93. The highest BCUT2D eigenvalue weighted by Crippen LogP contribution is 2.23. The van der Waals surface area contributed by atoms with Gasteiger partial charge in [0.05, 0.1) is 25.9 Å². The van der Waals surface area contributed by atoms with Gasteiger partial charge in [-0.25, -0.2) is 0 Å². The molecule has 1 fully saturated rings. The molecule has 2 heterocycles. The molecule has 0 saturated carbocycles. The van der Waals surface area contributed by atoms with Crippen LogP contribution in [-0.4, -0.2) is 50.2 Å². The van der Waals surface area contributed by atoms with Crippen molar-refractivity contribution >= 4 is 16.9 Å². The number of carbonyl (C=O) groups is 1. The molecular weight excluding hydrogens is 292 g/mol. The fourth-order valence-electron chi connectivity index (χ4n) is 2.90. The molecule has 2 aromatic rings. The van der Waals surface area contributed by atoms with Crippen LogP contribution in [-0.2, 0) is 22.4 Å². The summed E-state index contributed by atoms with van der Waals surface area (Å²) in [5.41, 5.74) is 3.06. The number of amides is 1. The molecular formula is C18H24N2O3. The molecule has 0 spiro atoms. The van der Waals surface area contributed by atoms with Crippen molar-refractivity contribution in [1.82, 2.24) is 10.2 Å². The Balaban J connectivity index is 1.53. The zero-order valence-electron chi connectivity index (χ0n) is 13.6. The van der Waals surface area contributed by atoms with Gasteiger partial charge < -0.3 is 14.5 Å². The predicted octanol–water partition coefficient (Wildman–Crippen LogP) is 1.99. The summed E-state index contributed by atoms with van der Waals surface area (Å²) in [6.07, 6.45) is 3.04. The van der Waals surface area contributed by atoms with E-state index in [9.17, 15) is 4.79 Å². The van der Waals surface area contributed by atoms with Crippen LogP contribution in [0, 0.1) is 0 Å². The first-order valence-electron chi connectivity index (χ1n) is 8.32. The lowest BCUT2D eigenvalue weighted by molar-refractivity contribution is -0.120. The van der Waals surface area contributed by atoms with Gasteiger partial charge in [0.15, 0.2) is 0 Å². The molecule has 1 saturated heterocycles. The number of nitrogens with one attached hydrogen (secondary N) is 1. The summed E-state index contributed by atoms with van der Waals surface area (Å²) >= 11 is 0. The lowest BCUT2D eigenvalue weighted by Crippen LogP contribution is -2.41. The Morgan fingerprint density at radius 3 is 2.91 bits per heavy atom. The van der Waals surface area contributed by atoms with E-state index in [4.69, 9.17) is 9.15 Å². The van der Waals surface area contributed by atoms with E-state index in [0.717, 1.165) is 55.8 Å². The minimum absolute atomic E-state index is 0.0443. The molecule has 1 aromatic carbocycles. The third kappa shape index (κ3) is 4.12. The molecule has 0 atom stereocenters. The van der Waals surface area contributed by atoms with Crippen molar-refractivity contribution in [2.24, 2.45) is 0 Å². The van der Waals surface area contributed by atoms with Crippen LogP contribution in [0.15, 0.2) is 28.9 Å². The SMILES string of the molecule is CCc1ccc2occ(CC(=O)NCCN3CCOCC3)c2c1. The number of furan rings is 1. The molecule has 0 unspecified atom stereocenters. The lowest BCUT2D eigenvalue weighted by Gasteiger charge is -2.26. The lowest BCUT2D eigenvalue weighted by atomic mass is 10.1. The Labute approximate surface area is 136 Å². The highest BCUT2D eigenvalue weighted by Gasteiger charge is 2.12. The highest BCUT2D eigenvalue weighted by atomic mass is 16.5. The second-order valence-corrected chi connectivity index (χ2v) is 5.93. The largest absolute Gasteiger partial charge is 0.464 e. The number of carbonyl (C=O) groups excluding carboxylic acids is 1. The van der Waals surface area contributed by atoms with Gasteiger partial charge in [-0.1, -0.05) is 13.0 Å². The van der Waals surface area contributed by atoms with Crippen molar-refractivity contribution in [2.75, 3.05) is 39.4 Å². The number of ether oxygens (including phenoxy) is 1. The van der Waals surface area contributed by atoms with Gasteiger partial charge in [0.2, 0.25) is 5.91 Å². The third-order valence-corrected chi connectivity index (χ3v) is 4.33.